The van der Waals surface area contributed by atoms with Gasteiger partial charge in [0, 0.05) is 18.2 Å². The lowest BCUT2D eigenvalue weighted by molar-refractivity contribution is -0.274. The lowest BCUT2D eigenvalue weighted by atomic mass is 9.91. The van der Waals surface area contributed by atoms with E-state index in [1.165, 1.54) is 38.2 Å². The third kappa shape index (κ3) is 3.63. The van der Waals surface area contributed by atoms with Crippen molar-refractivity contribution in [2.24, 2.45) is 5.92 Å². The first kappa shape index (κ1) is 14.5. The van der Waals surface area contributed by atoms with E-state index in [4.69, 9.17) is 0 Å². The van der Waals surface area contributed by atoms with Gasteiger partial charge in [0.2, 0.25) is 0 Å². The van der Waals surface area contributed by atoms with Crippen molar-refractivity contribution in [2.75, 3.05) is 11.9 Å². The zero-order valence-corrected chi connectivity index (χ0v) is 11.9. The third-order valence-corrected chi connectivity index (χ3v) is 4.63. The maximum Gasteiger partial charge on any atom is 0.573 e. The van der Waals surface area contributed by atoms with Crippen LogP contribution in [0.15, 0.2) is 18.2 Å². The number of ether oxygens (including phenoxy) is 1. The molecule has 1 fully saturated rings. The van der Waals surface area contributed by atoms with Crippen molar-refractivity contribution in [3.05, 3.63) is 23.8 Å². The second kappa shape index (κ2) is 5.78. The molecule has 1 atom stereocenters. The molecular formula is C16H20F3NO. The first-order valence-corrected chi connectivity index (χ1v) is 7.65. The largest absolute Gasteiger partial charge is 0.573 e. The Balaban J connectivity index is 1.66. The molecule has 1 aliphatic carbocycles. The van der Waals surface area contributed by atoms with E-state index < -0.39 is 6.36 Å². The van der Waals surface area contributed by atoms with Crippen LogP contribution in [0.4, 0.5) is 18.9 Å². The van der Waals surface area contributed by atoms with Crippen LogP contribution < -0.4 is 10.1 Å². The minimum atomic E-state index is -4.63. The van der Waals surface area contributed by atoms with Gasteiger partial charge in [-0.1, -0.05) is 25.7 Å². The van der Waals surface area contributed by atoms with Gasteiger partial charge in [-0.25, -0.2) is 0 Å². The fraction of sp³-hybridized carbons (Fsp3) is 0.625. The van der Waals surface area contributed by atoms with E-state index in [1.807, 2.05) is 0 Å². The molecule has 1 heterocycles. The minimum Gasteiger partial charge on any atom is -0.406 e. The highest BCUT2D eigenvalue weighted by molar-refractivity contribution is 5.60. The first-order valence-electron chi connectivity index (χ1n) is 7.65. The van der Waals surface area contributed by atoms with Crippen LogP contribution >= 0.6 is 0 Å². The topological polar surface area (TPSA) is 21.3 Å². The highest BCUT2D eigenvalue weighted by Crippen LogP contribution is 2.40. The van der Waals surface area contributed by atoms with Crippen molar-refractivity contribution >= 4 is 5.69 Å². The van der Waals surface area contributed by atoms with Crippen molar-refractivity contribution in [1.82, 2.24) is 0 Å². The number of hydrogen-bond acceptors (Lipinski definition) is 2. The second-order valence-corrected chi connectivity index (χ2v) is 6.10. The van der Waals surface area contributed by atoms with Crippen LogP contribution in [-0.4, -0.2) is 12.9 Å². The van der Waals surface area contributed by atoms with Crippen LogP contribution in [0.1, 0.15) is 50.0 Å². The Hall–Kier alpha value is -1.39. The van der Waals surface area contributed by atoms with Gasteiger partial charge in [-0.15, -0.1) is 13.2 Å². The van der Waals surface area contributed by atoms with Crippen molar-refractivity contribution in [1.29, 1.82) is 0 Å². The molecule has 0 spiro atoms. The van der Waals surface area contributed by atoms with Gasteiger partial charge in [-0.3, -0.25) is 0 Å². The number of benzene rings is 1. The molecule has 2 nitrogen and oxygen atoms in total. The molecular weight excluding hydrogens is 279 g/mol. The maximum absolute atomic E-state index is 12.3. The van der Waals surface area contributed by atoms with Gasteiger partial charge in [0.15, 0.2) is 0 Å². The Labute approximate surface area is 122 Å². The molecule has 0 radical (unpaired) electrons. The summed E-state index contributed by atoms with van der Waals surface area (Å²) in [6, 6.07) is 4.60. The Morgan fingerprint density at radius 2 is 1.90 bits per heavy atom. The molecule has 1 saturated carbocycles. The molecule has 116 valence electrons. The van der Waals surface area contributed by atoms with Crippen molar-refractivity contribution in [3.63, 3.8) is 0 Å². The van der Waals surface area contributed by atoms with Gasteiger partial charge >= 0.3 is 6.36 Å². The van der Waals surface area contributed by atoms with E-state index in [2.05, 4.69) is 10.1 Å². The molecule has 5 heteroatoms. The Bertz CT molecular complexity index is 495. The zero-order valence-electron chi connectivity index (χ0n) is 11.9. The molecule has 2 aliphatic rings. The molecule has 3 rings (SSSR count). The smallest absolute Gasteiger partial charge is 0.406 e. The minimum absolute atomic E-state index is 0.115. The summed E-state index contributed by atoms with van der Waals surface area (Å²) in [4.78, 5) is 0. The number of rotatable bonds is 4. The van der Waals surface area contributed by atoms with Crippen LogP contribution in [0, 0.1) is 5.92 Å². The van der Waals surface area contributed by atoms with Gasteiger partial charge in [-0.05, 0) is 42.5 Å². The van der Waals surface area contributed by atoms with Crippen molar-refractivity contribution in [3.8, 4) is 5.75 Å². The monoisotopic (exact) mass is 299 g/mol. The van der Waals surface area contributed by atoms with Crippen molar-refractivity contribution < 1.29 is 17.9 Å². The molecule has 21 heavy (non-hydrogen) atoms. The van der Waals surface area contributed by atoms with Gasteiger partial charge in [0.05, 0.1) is 0 Å². The Morgan fingerprint density at radius 1 is 1.14 bits per heavy atom. The number of halogens is 3. The quantitative estimate of drug-likeness (QED) is 0.838. The average Bonchev–Trinajstić information content (AvgIpc) is 3.03. The summed E-state index contributed by atoms with van der Waals surface area (Å²) in [6.07, 6.45) is 2.87. The predicted molar refractivity (Wildman–Crippen MR) is 75.5 cm³/mol. The standard InChI is InChI=1S/C16H20F3NO/c17-16(18,19)21-13-7-8-15-14(9-13)12(10-20-15)6-5-11-3-1-2-4-11/h7-9,11-12,20H,1-6,10H2. The van der Waals surface area contributed by atoms with Crippen LogP contribution in [-0.2, 0) is 0 Å². The second-order valence-electron chi connectivity index (χ2n) is 6.10. The third-order valence-electron chi connectivity index (χ3n) is 4.63. The number of nitrogens with one attached hydrogen (secondary N) is 1. The number of hydrogen-bond donors (Lipinski definition) is 1. The summed E-state index contributed by atoms with van der Waals surface area (Å²) < 4.78 is 40.9. The average molecular weight is 299 g/mol. The van der Waals surface area contributed by atoms with E-state index in [-0.39, 0.29) is 5.75 Å². The van der Waals surface area contributed by atoms with E-state index in [0.29, 0.717) is 5.92 Å². The highest BCUT2D eigenvalue weighted by Gasteiger charge is 2.32. The summed E-state index contributed by atoms with van der Waals surface area (Å²) in [5, 5.41) is 3.28. The first-order chi connectivity index (χ1) is 10.0. The van der Waals surface area contributed by atoms with Crippen LogP contribution in [0.2, 0.25) is 0 Å². The molecule has 0 bridgehead atoms. The van der Waals surface area contributed by atoms with Gasteiger partial charge in [-0.2, -0.15) is 0 Å². The summed E-state index contributed by atoms with van der Waals surface area (Å²) in [6.45, 7) is 0.817. The Morgan fingerprint density at radius 3 is 2.62 bits per heavy atom. The molecule has 0 amide bonds. The molecule has 1 aromatic carbocycles. The van der Waals surface area contributed by atoms with Gasteiger partial charge in [0.1, 0.15) is 5.75 Å². The van der Waals surface area contributed by atoms with Crippen LogP contribution in [0.5, 0.6) is 5.75 Å². The maximum atomic E-state index is 12.3. The predicted octanol–water partition coefficient (Wildman–Crippen LogP) is 5.06. The molecule has 1 N–H and O–H groups in total. The summed E-state index contributed by atoms with van der Waals surface area (Å²) >= 11 is 0. The SMILES string of the molecule is FC(F)(F)Oc1ccc2c(c1)C(CCC1CCCC1)CN2. The number of alkyl halides is 3. The zero-order chi connectivity index (χ0) is 14.9. The molecule has 0 aromatic heterocycles. The molecule has 0 saturated heterocycles. The van der Waals surface area contributed by atoms with E-state index in [0.717, 1.165) is 30.1 Å². The Kier molecular flexibility index (Phi) is 4.00. The fourth-order valence-electron chi connectivity index (χ4n) is 3.57. The van der Waals surface area contributed by atoms with Crippen molar-refractivity contribution in [2.45, 2.75) is 50.8 Å². The van der Waals surface area contributed by atoms with E-state index in [9.17, 15) is 13.2 Å². The van der Waals surface area contributed by atoms with Crippen LogP contribution in [0.25, 0.3) is 0 Å². The van der Waals surface area contributed by atoms with Gasteiger partial charge < -0.3 is 10.1 Å². The summed E-state index contributed by atoms with van der Waals surface area (Å²) in [5.41, 5.74) is 1.91. The summed E-state index contributed by atoms with van der Waals surface area (Å²) in [5.74, 6) is 0.997. The normalized spacial score (nSPS) is 22.1. The summed E-state index contributed by atoms with van der Waals surface area (Å²) in [7, 11) is 0. The fourth-order valence-corrected chi connectivity index (χ4v) is 3.57. The van der Waals surface area contributed by atoms with Crippen LogP contribution in [0.3, 0.4) is 0 Å². The lowest BCUT2D eigenvalue weighted by Gasteiger charge is -2.15. The molecule has 1 aliphatic heterocycles. The van der Waals surface area contributed by atoms with E-state index >= 15 is 0 Å². The number of fused-ring (bicyclic) bond motifs is 1. The molecule has 1 aromatic rings. The van der Waals surface area contributed by atoms with Gasteiger partial charge in [0.25, 0.3) is 0 Å². The number of anilines is 1. The van der Waals surface area contributed by atoms with E-state index in [1.54, 1.807) is 12.1 Å². The highest BCUT2D eigenvalue weighted by atomic mass is 19.4. The molecule has 1 unspecified atom stereocenters. The lowest BCUT2D eigenvalue weighted by Crippen LogP contribution is -2.17.